The zero-order valence-corrected chi connectivity index (χ0v) is 22.9. The topological polar surface area (TPSA) is 103 Å². The van der Waals surface area contributed by atoms with Crippen molar-refractivity contribution in [3.63, 3.8) is 0 Å². The number of carbonyl (C=O) groups is 1. The number of ether oxygens (including phenoxy) is 1. The van der Waals surface area contributed by atoms with Crippen LogP contribution in [0.25, 0.3) is 16.7 Å². The van der Waals surface area contributed by atoms with Crippen LogP contribution in [0.2, 0.25) is 5.02 Å². The van der Waals surface area contributed by atoms with Crippen molar-refractivity contribution in [1.82, 2.24) is 24.4 Å². The van der Waals surface area contributed by atoms with Crippen LogP contribution in [-0.2, 0) is 11.3 Å². The molecule has 10 heteroatoms. The molecule has 1 aliphatic carbocycles. The van der Waals surface area contributed by atoms with Crippen LogP contribution in [-0.4, -0.2) is 51.3 Å². The lowest BCUT2D eigenvalue weighted by molar-refractivity contribution is 0.0919. The number of aromatic nitrogens is 4. The van der Waals surface area contributed by atoms with Gasteiger partial charge in [-0.15, -0.1) is 0 Å². The van der Waals surface area contributed by atoms with Crippen LogP contribution >= 0.6 is 11.6 Å². The van der Waals surface area contributed by atoms with Gasteiger partial charge in [0.05, 0.1) is 45.8 Å². The number of para-hydroxylation sites is 2. The molecule has 0 bridgehead atoms. The van der Waals surface area contributed by atoms with Gasteiger partial charge in [0.2, 0.25) is 0 Å². The van der Waals surface area contributed by atoms with E-state index < -0.39 is 0 Å². The number of carbonyl (C=O) groups excluding carboxylic acids is 1. The third kappa shape index (κ3) is 5.99. The highest BCUT2D eigenvalue weighted by Gasteiger charge is 2.25. The molecule has 4 aromatic rings. The minimum atomic E-state index is -0.140. The number of aryl methyl sites for hydroxylation is 1. The standard InChI is InChI=1S/C29H33ClN6O3/c1-19-24(15-21(30)16-32-19)28(37)34-22-9-7-20(8-10-22)18-35-25-5-3-4-6-26(25)36(29(35)38)23-11-12-27(33-17-23)31-13-14-39-2/h3-6,11-12,15-17,20,22H,7-10,13-14,18H2,1-2H3,(H,31,33)(H,34,37)/t20-,22-. The van der Waals surface area contributed by atoms with Crippen molar-refractivity contribution in [1.29, 1.82) is 0 Å². The predicted molar refractivity (Wildman–Crippen MR) is 153 cm³/mol. The summed E-state index contributed by atoms with van der Waals surface area (Å²) >= 11 is 6.04. The largest absolute Gasteiger partial charge is 0.383 e. The van der Waals surface area contributed by atoms with E-state index in [1.807, 2.05) is 41.0 Å². The molecule has 0 unspecified atom stereocenters. The zero-order chi connectivity index (χ0) is 27.4. The van der Waals surface area contributed by atoms with Crippen molar-refractivity contribution in [2.45, 2.75) is 45.2 Å². The number of imidazole rings is 1. The van der Waals surface area contributed by atoms with Crippen molar-refractivity contribution in [3.8, 4) is 5.69 Å². The van der Waals surface area contributed by atoms with E-state index in [4.69, 9.17) is 16.3 Å². The Morgan fingerprint density at radius 2 is 1.85 bits per heavy atom. The lowest BCUT2D eigenvalue weighted by Gasteiger charge is -2.29. The van der Waals surface area contributed by atoms with Crippen molar-refractivity contribution in [2.24, 2.45) is 5.92 Å². The van der Waals surface area contributed by atoms with Gasteiger partial charge in [-0.05, 0) is 68.9 Å². The van der Waals surface area contributed by atoms with Crippen molar-refractivity contribution in [3.05, 3.63) is 81.6 Å². The van der Waals surface area contributed by atoms with Gasteiger partial charge in [0.25, 0.3) is 5.91 Å². The van der Waals surface area contributed by atoms with Gasteiger partial charge in [0.15, 0.2) is 0 Å². The van der Waals surface area contributed by atoms with Gasteiger partial charge in [-0.25, -0.2) is 9.78 Å². The maximum Gasteiger partial charge on any atom is 0.333 e. The number of fused-ring (bicyclic) bond motifs is 1. The minimum absolute atomic E-state index is 0.0718. The van der Waals surface area contributed by atoms with E-state index in [1.165, 1.54) is 0 Å². The van der Waals surface area contributed by atoms with Gasteiger partial charge in [-0.2, -0.15) is 0 Å². The second-order valence-electron chi connectivity index (χ2n) is 10.0. The number of pyridine rings is 2. The molecule has 1 aromatic carbocycles. The number of hydrogen-bond acceptors (Lipinski definition) is 6. The van der Waals surface area contributed by atoms with E-state index in [-0.39, 0.29) is 17.6 Å². The monoisotopic (exact) mass is 548 g/mol. The number of anilines is 1. The van der Waals surface area contributed by atoms with E-state index in [0.717, 1.165) is 48.2 Å². The molecule has 1 aliphatic rings. The Morgan fingerprint density at radius 3 is 2.56 bits per heavy atom. The highest BCUT2D eigenvalue weighted by atomic mass is 35.5. The first kappa shape index (κ1) is 26.9. The number of methoxy groups -OCH3 is 1. The minimum Gasteiger partial charge on any atom is -0.383 e. The van der Waals surface area contributed by atoms with Gasteiger partial charge < -0.3 is 15.4 Å². The SMILES string of the molecule is COCCNc1ccc(-n2c(=O)n(C[C@H]3CC[C@H](NC(=O)c4cc(Cl)cnc4C)CC3)c3ccccc32)cn1. The maximum absolute atomic E-state index is 13.7. The van der Waals surface area contributed by atoms with Crippen molar-refractivity contribution in [2.75, 3.05) is 25.6 Å². The number of nitrogens with zero attached hydrogens (tertiary/aromatic N) is 4. The summed E-state index contributed by atoms with van der Waals surface area (Å²) in [5.41, 5.74) is 3.59. The van der Waals surface area contributed by atoms with Crippen molar-refractivity contribution >= 4 is 34.4 Å². The first-order valence-electron chi connectivity index (χ1n) is 13.3. The van der Waals surface area contributed by atoms with Crippen LogP contribution in [0.5, 0.6) is 0 Å². The number of benzene rings is 1. The number of amides is 1. The molecule has 0 atom stereocenters. The molecule has 204 valence electrons. The maximum atomic E-state index is 13.7. The highest BCUT2D eigenvalue weighted by Crippen LogP contribution is 2.28. The molecule has 3 heterocycles. The van der Waals surface area contributed by atoms with Crippen LogP contribution in [0.15, 0.2) is 59.7 Å². The summed E-state index contributed by atoms with van der Waals surface area (Å²) in [6.07, 6.45) is 6.83. The third-order valence-corrected chi connectivity index (χ3v) is 7.58. The molecule has 1 fully saturated rings. The van der Waals surface area contributed by atoms with Crippen LogP contribution in [0.3, 0.4) is 0 Å². The molecule has 39 heavy (non-hydrogen) atoms. The number of rotatable bonds is 9. The number of hydrogen-bond donors (Lipinski definition) is 2. The molecule has 5 rings (SSSR count). The smallest absolute Gasteiger partial charge is 0.333 e. The summed E-state index contributed by atoms with van der Waals surface area (Å²) in [6.45, 7) is 3.68. The molecule has 1 saturated carbocycles. The first-order chi connectivity index (χ1) is 18.9. The fraction of sp³-hybridized carbons (Fsp3) is 0.379. The Balaban J connectivity index is 1.28. The Hall–Kier alpha value is -3.69. The Labute approximate surface area is 232 Å². The molecule has 0 saturated heterocycles. The van der Waals surface area contributed by atoms with Crippen LogP contribution in [0.1, 0.15) is 41.7 Å². The molecular weight excluding hydrogens is 516 g/mol. The average Bonchev–Trinajstić information content (AvgIpc) is 3.22. The van der Waals surface area contributed by atoms with Crippen LogP contribution < -0.4 is 16.3 Å². The lowest BCUT2D eigenvalue weighted by Crippen LogP contribution is -2.39. The second kappa shape index (κ2) is 12.0. The van der Waals surface area contributed by atoms with E-state index >= 15 is 0 Å². The molecule has 2 N–H and O–H groups in total. The fourth-order valence-corrected chi connectivity index (χ4v) is 5.44. The summed E-state index contributed by atoms with van der Waals surface area (Å²) in [5.74, 6) is 0.937. The quantitative estimate of drug-likeness (QED) is 0.297. The Morgan fingerprint density at radius 1 is 1.08 bits per heavy atom. The Bertz CT molecular complexity index is 1510. The molecule has 3 aromatic heterocycles. The van der Waals surface area contributed by atoms with Crippen LogP contribution in [0, 0.1) is 12.8 Å². The highest BCUT2D eigenvalue weighted by molar-refractivity contribution is 6.30. The molecule has 0 spiro atoms. The summed E-state index contributed by atoms with van der Waals surface area (Å²) in [5, 5.41) is 6.80. The summed E-state index contributed by atoms with van der Waals surface area (Å²) in [7, 11) is 1.66. The van der Waals surface area contributed by atoms with Gasteiger partial charge in [-0.1, -0.05) is 23.7 Å². The number of halogens is 1. The van der Waals surface area contributed by atoms with Gasteiger partial charge in [-0.3, -0.25) is 18.9 Å². The third-order valence-electron chi connectivity index (χ3n) is 7.37. The summed E-state index contributed by atoms with van der Waals surface area (Å²) in [4.78, 5) is 35.1. The Kier molecular flexibility index (Phi) is 8.28. The van der Waals surface area contributed by atoms with Gasteiger partial charge >= 0.3 is 5.69 Å². The first-order valence-corrected chi connectivity index (χ1v) is 13.6. The van der Waals surface area contributed by atoms with E-state index in [9.17, 15) is 9.59 Å². The second-order valence-corrected chi connectivity index (χ2v) is 10.5. The molecule has 0 radical (unpaired) electrons. The molecule has 9 nitrogen and oxygen atoms in total. The van der Waals surface area contributed by atoms with Gasteiger partial charge in [0.1, 0.15) is 5.82 Å². The lowest BCUT2D eigenvalue weighted by atomic mass is 9.85. The molecular formula is C29H33ClN6O3. The molecule has 1 amide bonds. The number of nitrogens with one attached hydrogen (secondary N) is 2. The fourth-order valence-electron chi connectivity index (χ4n) is 5.29. The van der Waals surface area contributed by atoms with Crippen molar-refractivity contribution < 1.29 is 9.53 Å². The normalized spacial score (nSPS) is 17.3. The van der Waals surface area contributed by atoms with E-state index in [0.29, 0.717) is 41.9 Å². The van der Waals surface area contributed by atoms with Gasteiger partial charge in [0, 0.05) is 32.4 Å². The summed E-state index contributed by atoms with van der Waals surface area (Å²) < 4.78 is 8.68. The molecule has 0 aliphatic heterocycles. The van der Waals surface area contributed by atoms with E-state index in [1.54, 1.807) is 37.1 Å². The summed E-state index contributed by atoms with van der Waals surface area (Å²) in [6, 6.07) is 13.4. The van der Waals surface area contributed by atoms with Crippen LogP contribution in [0.4, 0.5) is 5.82 Å². The van der Waals surface area contributed by atoms with E-state index in [2.05, 4.69) is 20.6 Å². The predicted octanol–water partition coefficient (Wildman–Crippen LogP) is 4.59. The zero-order valence-electron chi connectivity index (χ0n) is 22.2. The average molecular weight is 549 g/mol.